The summed E-state index contributed by atoms with van der Waals surface area (Å²) in [7, 11) is 0. The summed E-state index contributed by atoms with van der Waals surface area (Å²) in [6.45, 7) is 1.56. The van der Waals surface area contributed by atoms with Crippen molar-refractivity contribution in [1.82, 2.24) is 10.2 Å². The van der Waals surface area contributed by atoms with E-state index in [1.807, 2.05) is 37.3 Å². The molecule has 0 saturated heterocycles. The normalized spacial score (nSPS) is 14.3. The SMILES string of the molecule is C[C@H](CCc1ccccc1)NC(=O)CN1C(=O)c2cc(Cl)c(Cl)cc2C1=O. The number of aryl methyl sites for hydroxylation is 1. The molecule has 140 valence electrons. The number of rotatable bonds is 6. The van der Waals surface area contributed by atoms with E-state index in [-0.39, 0.29) is 39.7 Å². The van der Waals surface area contributed by atoms with Crippen LogP contribution in [0, 0.1) is 0 Å². The van der Waals surface area contributed by atoms with E-state index in [1.165, 1.54) is 17.7 Å². The van der Waals surface area contributed by atoms with Crippen molar-refractivity contribution in [2.24, 2.45) is 0 Å². The predicted molar refractivity (Wildman–Crippen MR) is 104 cm³/mol. The minimum atomic E-state index is -0.541. The number of benzene rings is 2. The fourth-order valence-electron chi connectivity index (χ4n) is 2.99. The topological polar surface area (TPSA) is 66.5 Å². The van der Waals surface area contributed by atoms with E-state index < -0.39 is 11.8 Å². The van der Waals surface area contributed by atoms with Gasteiger partial charge in [-0.2, -0.15) is 0 Å². The lowest BCUT2D eigenvalue weighted by Gasteiger charge is -2.17. The molecule has 2 aromatic rings. The van der Waals surface area contributed by atoms with Gasteiger partial charge in [0.05, 0.1) is 21.2 Å². The number of nitrogens with zero attached hydrogens (tertiary/aromatic N) is 1. The van der Waals surface area contributed by atoms with Crippen molar-refractivity contribution in [2.75, 3.05) is 6.54 Å². The summed E-state index contributed by atoms with van der Waals surface area (Å²) in [5, 5.41) is 3.21. The second kappa shape index (κ2) is 8.11. The molecule has 0 aromatic heterocycles. The van der Waals surface area contributed by atoms with Crippen LogP contribution in [-0.4, -0.2) is 35.2 Å². The predicted octanol–water partition coefficient (Wildman–Crippen LogP) is 3.73. The van der Waals surface area contributed by atoms with Crippen LogP contribution in [0.5, 0.6) is 0 Å². The summed E-state index contributed by atoms with van der Waals surface area (Å²) >= 11 is 11.8. The molecule has 0 spiro atoms. The number of hydrogen-bond acceptors (Lipinski definition) is 3. The van der Waals surface area contributed by atoms with Crippen molar-refractivity contribution in [3.63, 3.8) is 0 Å². The molecule has 0 radical (unpaired) electrons. The molecule has 3 rings (SSSR count). The first-order valence-electron chi connectivity index (χ1n) is 8.55. The summed E-state index contributed by atoms with van der Waals surface area (Å²) in [5.41, 5.74) is 1.52. The Hall–Kier alpha value is -2.37. The van der Waals surface area contributed by atoms with Gasteiger partial charge in [0.2, 0.25) is 5.91 Å². The highest BCUT2D eigenvalue weighted by Gasteiger charge is 2.37. The molecular weight excluding hydrogens is 387 g/mol. The van der Waals surface area contributed by atoms with Crippen LogP contribution in [-0.2, 0) is 11.2 Å². The maximum Gasteiger partial charge on any atom is 0.262 e. The largest absolute Gasteiger partial charge is 0.352 e. The Labute approximate surface area is 167 Å². The van der Waals surface area contributed by atoms with Gasteiger partial charge in [-0.3, -0.25) is 19.3 Å². The number of halogens is 2. The van der Waals surface area contributed by atoms with Crippen molar-refractivity contribution >= 4 is 40.9 Å². The van der Waals surface area contributed by atoms with Crippen LogP contribution in [0.4, 0.5) is 0 Å². The first-order valence-corrected chi connectivity index (χ1v) is 9.31. The monoisotopic (exact) mass is 404 g/mol. The summed E-state index contributed by atoms with van der Waals surface area (Å²) in [6, 6.07) is 12.6. The molecule has 1 atom stereocenters. The first kappa shape index (κ1) is 19.4. The van der Waals surface area contributed by atoms with Crippen LogP contribution in [0.2, 0.25) is 10.0 Å². The fraction of sp³-hybridized carbons (Fsp3) is 0.250. The maximum absolute atomic E-state index is 12.4. The van der Waals surface area contributed by atoms with Crippen molar-refractivity contribution < 1.29 is 14.4 Å². The van der Waals surface area contributed by atoms with Gasteiger partial charge in [0.15, 0.2) is 0 Å². The smallest absolute Gasteiger partial charge is 0.262 e. The molecule has 0 bridgehead atoms. The van der Waals surface area contributed by atoms with Crippen LogP contribution >= 0.6 is 23.2 Å². The summed E-state index contributed by atoms with van der Waals surface area (Å²) in [6.07, 6.45) is 1.58. The molecule has 0 saturated carbocycles. The Balaban J connectivity index is 1.58. The molecule has 1 heterocycles. The third-order valence-corrected chi connectivity index (χ3v) is 5.15. The zero-order valence-corrected chi connectivity index (χ0v) is 16.2. The molecule has 1 N–H and O–H groups in total. The Morgan fingerprint density at radius 2 is 1.59 bits per heavy atom. The van der Waals surface area contributed by atoms with E-state index in [4.69, 9.17) is 23.2 Å². The van der Waals surface area contributed by atoms with Crippen LogP contribution in [0.1, 0.15) is 39.6 Å². The van der Waals surface area contributed by atoms with E-state index in [2.05, 4.69) is 5.32 Å². The second-order valence-electron chi connectivity index (χ2n) is 6.50. The lowest BCUT2D eigenvalue weighted by Crippen LogP contribution is -2.43. The van der Waals surface area contributed by atoms with Crippen molar-refractivity contribution in [3.05, 3.63) is 69.2 Å². The Bertz CT molecular complexity index is 859. The van der Waals surface area contributed by atoms with Crippen LogP contribution in [0.3, 0.4) is 0 Å². The van der Waals surface area contributed by atoms with Gasteiger partial charge in [-0.05, 0) is 37.5 Å². The molecule has 7 heteroatoms. The second-order valence-corrected chi connectivity index (χ2v) is 7.32. The third kappa shape index (κ3) is 4.31. The number of carbonyl (C=O) groups excluding carboxylic acids is 3. The van der Waals surface area contributed by atoms with Gasteiger partial charge < -0.3 is 5.32 Å². The fourth-order valence-corrected chi connectivity index (χ4v) is 3.32. The number of fused-ring (bicyclic) bond motifs is 1. The average molecular weight is 405 g/mol. The van der Waals surface area contributed by atoms with Gasteiger partial charge in [0.25, 0.3) is 11.8 Å². The molecular formula is C20H18Cl2N2O3. The minimum absolute atomic E-state index is 0.0863. The first-order chi connectivity index (χ1) is 12.9. The molecule has 5 nitrogen and oxygen atoms in total. The third-order valence-electron chi connectivity index (χ3n) is 4.43. The van der Waals surface area contributed by atoms with Crippen LogP contribution in [0.15, 0.2) is 42.5 Å². The van der Waals surface area contributed by atoms with E-state index >= 15 is 0 Å². The van der Waals surface area contributed by atoms with Gasteiger partial charge in [0, 0.05) is 6.04 Å². The number of imide groups is 1. The zero-order valence-electron chi connectivity index (χ0n) is 14.7. The van der Waals surface area contributed by atoms with Crippen molar-refractivity contribution in [2.45, 2.75) is 25.8 Å². The van der Waals surface area contributed by atoms with Crippen LogP contribution in [0.25, 0.3) is 0 Å². The molecule has 27 heavy (non-hydrogen) atoms. The van der Waals surface area contributed by atoms with Crippen molar-refractivity contribution in [3.8, 4) is 0 Å². The molecule has 1 aliphatic rings. The number of nitrogens with one attached hydrogen (secondary N) is 1. The molecule has 0 aliphatic carbocycles. The lowest BCUT2D eigenvalue weighted by molar-refractivity contribution is -0.122. The quantitative estimate of drug-likeness (QED) is 0.745. The Kier molecular flexibility index (Phi) is 5.82. The highest BCUT2D eigenvalue weighted by atomic mass is 35.5. The Morgan fingerprint density at radius 1 is 1.04 bits per heavy atom. The van der Waals surface area contributed by atoms with E-state index in [1.54, 1.807) is 0 Å². The van der Waals surface area contributed by atoms with E-state index in [0.29, 0.717) is 0 Å². The lowest BCUT2D eigenvalue weighted by atomic mass is 10.1. The summed E-state index contributed by atoms with van der Waals surface area (Å²) < 4.78 is 0. The number of carbonyl (C=O) groups is 3. The van der Waals surface area contributed by atoms with Crippen molar-refractivity contribution in [1.29, 1.82) is 0 Å². The molecule has 0 unspecified atom stereocenters. The highest BCUT2D eigenvalue weighted by molar-refractivity contribution is 6.43. The van der Waals surface area contributed by atoms with Gasteiger partial charge in [-0.25, -0.2) is 0 Å². The maximum atomic E-state index is 12.4. The standard InChI is InChI=1S/C20H18Cl2N2O3/c1-12(7-8-13-5-3-2-4-6-13)23-18(25)11-24-19(26)14-9-16(21)17(22)10-15(14)20(24)27/h2-6,9-10,12H,7-8,11H2,1H3,(H,23,25)/t12-/m1/s1. The van der Waals surface area contributed by atoms with Gasteiger partial charge in [-0.15, -0.1) is 0 Å². The number of hydrogen-bond donors (Lipinski definition) is 1. The highest BCUT2D eigenvalue weighted by Crippen LogP contribution is 2.31. The number of amides is 3. The Morgan fingerprint density at radius 3 is 2.15 bits per heavy atom. The van der Waals surface area contributed by atoms with Crippen LogP contribution < -0.4 is 5.32 Å². The van der Waals surface area contributed by atoms with Gasteiger partial charge in [0.1, 0.15) is 6.54 Å². The summed E-state index contributed by atoms with van der Waals surface area (Å²) in [5.74, 6) is -1.47. The zero-order chi connectivity index (χ0) is 19.6. The molecule has 3 amide bonds. The molecule has 2 aromatic carbocycles. The average Bonchev–Trinajstić information content (AvgIpc) is 2.86. The minimum Gasteiger partial charge on any atom is -0.352 e. The van der Waals surface area contributed by atoms with E-state index in [0.717, 1.165) is 17.7 Å². The van der Waals surface area contributed by atoms with E-state index in [9.17, 15) is 14.4 Å². The van der Waals surface area contributed by atoms with Gasteiger partial charge >= 0.3 is 0 Å². The van der Waals surface area contributed by atoms with Gasteiger partial charge in [-0.1, -0.05) is 53.5 Å². The molecule has 0 fully saturated rings. The summed E-state index contributed by atoms with van der Waals surface area (Å²) in [4.78, 5) is 38.1. The molecule has 1 aliphatic heterocycles.